The Kier molecular flexibility index (Phi) is 3.91. The van der Waals surface area contributed by atoms with Gasteiger partial charge in [0.2, 0.25) is 0 Å². The molecule has 0 spiro atoms. The zero-order valence-corrected chi connectivity index (χ0v) is 10.5. The monoisotopic (exact) mass is 261 g/mol. The second kappa shape index (κ2) is 5.62. The van der Waals surface area contributed by atoms with Crippen molar-refractivity contribution in [1.82, 2.24) is 9.97 Å². The van der Waals surface area contributed by atoms with Crippen LogP contribution in [0.2, 0.25) is 0 Å². The van der Waals surface area contributed by atoms with E-state index in [0.29, 0.717) is 17.8 Å². The lowest BCUT2D eigenvalue weighted by molar-refractivity contribution is 0.0697. The predicted molar refractivity (Wildman–Crippen MR) is 71.3 cm³/mol. The fourth-order valence-electron chi connectivity index (χ4n) is 1.80. The van der Waals surface area contributed by atoms with Crippen LogP contribution in [0, 0.1) is 0 Å². The van der Waals surface area contributed by atoms with Crippen LogP contribution < -0.4 is 5.32 Å². The van der Waals surface area contributed by atoms with E-state index in [1.54, 1.807) is 6.07 Å². The van der Waals surface area contributed by atoms with Crippen LogP contribution in [-0.4, -0.2) is 38.8 Å². The first kappa shape index (κ1) is 13.2. The number of hydrogen-bond donors (Lipinski definition) is 3. The molecule has 0 amide bonds. The van der Waals surface area contributed by atoms with Crippen LogP contribution in [0.1, 0.15) is 23.7 Å². The maximum atomic E-state index is 10.9. The predicted octanol–water partition coefficient (Wildman–Crippen LogP) is 1.51. The largest absolute Gasteiger partial charge is 0.478 e. The number of rotatable bonds is 5. The second-order valence-electron chi connectivity index (χ2n) is 4.32. The van der Waals surface area contributed by atoms with E-state index in [9.17, 15) is 4.79 Å². The van der Waals surface area contributed by atoms with Gasteiger partial charge in [-0.2, -0.15) is 0 Å². The number of anilines is 1. The topological polar surface area (TPSA) is 95.3 Å². The number of aliphatic hydroxyl groups is 1. The Morgan fingerprint density at radius 2 is 2.21 bits per heavy atom. The number of benzene rings is 1. The van der Waals surface area contributed by atoms with Crippen LogP contribution >= 0.6 is 0 Å². The molecular formula is C13H15N3O3. The summed E-state index contributed by atoms with van der Waals surface area (Å²) in [6.07, 6.45) is 2.00. The number of nitrogens with zero attached hydrogens (tertiary/aromatic N) is 2. The Hall–Kier alpha value is -2.21. The Morgan fingerprint density at radius 1 is 1.42 bits per heavy atom. The van der Waals surface area contributed by atoms with E-state index < -0.39 is 5.97 Å². The smallest absolute Gasteiger partial charge is 0.335 e. The van der Waals surface area contributed by atoms with Gasteiger partial charge in [0.25, 0.3) is 0 Å². The van der Waals surface area contributed by atoms with Gasteiger partial charge in [0.05, 0.1) is 11.1 Å². The van der Waals surface area contributed by atoms with E-state index in [0.717, 1.165) is 5.39 Å². The lowest BCUT2D eigenvalue weighted by atomic mass is 10.1. The molecule has 0 bridgehead atoms. The minimum atomic E-state index is -0.983. The molecule has 2 rings (SSSR count). The highest BCUT2D eigenvalue weighted by Crippen LogP contribution is 2.21. The molecule has 1 atom stereocenters. The van der Waals surface area contributed by atoms with Crippen molar-refractivity contribution < 1.29 is 15.0 Å². The van der Waals surface area contributed by atoms with E-state index >= 15 is 0 Å². The van der Waals surface area contributed by atoms with Gasteiger partial charge < -0.3 is 15.5 Å². The van der Waals surface area contributed by atoms with Crippen LogP contribution in [-0.2, 0) is 0 Å². The summed E-state index contributed by atoms with van der Waals surface area (Å²) in [5.41, 5.74) is 0.772. The standard InChI is InChI=1S/C13H15N3O3/c1-8(4-5-17)16-12-10-3-2-9(13(18)19)6-11(10)14-7-15-12/h2-3,6-8,17H,4-5H2,1H3,(H,18,19)(H,14,15,16). The van der Waals surface area contributed by atoms with Crippen molar-refractivity contribution in [3.63, 3.8) is 0 Å². The fraction of sp³-hybridized carbons (Fsp3) is 0.308. The van der Waals surface area contributed by atoms with E-state index in [1.165, 1.54) is 18.5 Å². The number of nitrogens with one attached hydrogen (secondary N) is 1. The van der Waals surface area contributed by atoms with Gasteiger partial charge in [0, 0.05) is 18.0 Å². The molecule has 2 aromatic rings. The summed E-state index contributed by atoms with van der Waals surface area (Å²) in [6, 6.07) is 4.80. The van der Waals surface area contributed by atoms with Crippen molar-refractivity contribution in [3.05, 3.63) is 30.1 Å². The Bertz CT molecular complexity index is 601. The average molecular weight is 261 g/mol. The van der Waals surface area contributed by atoms with Crippen molar-refractivity contribution in [1.29, 1.82) is 0 Å². The fourth-order valence-corrected chi connectivity index (χ4v) is 1.80. The van der Waals surface area contributed by atoms with Crippen LogP contribution in [0.15, 0.2) is 24.5 Å². The normalized spacial score (nSPS) is 12.3. The van der Waals surface area contributed by atoms with Gasteiger partial charge >= 0.3 is 5.97 Å². The van der Waals surface area contributed by atoms with Crippen LogP contribution in [0.3, 0.4) is 0 Å². The van der Waals surface area contributed by atoms with Crippen LogP contribution in [0.5, 0.6) is 0 Å². The lowest BCUT2D eigenvalue weighted by Crippen LogP contribution is -2.17. The first-order valence-electron chi connectivity index (χ1n) is 5.97. The van der Waals surface area contributed by atoms with Crippen LogP contribution in [0.4, 0.5) is 5.82 Å². The SMILES string of the molecule is CC(CCO)Nc1ncnc2cc(C(=O)O)ccc12. The highest BCUT2D eigenvalue weighted by Gasteiger charge is 2.09. The lowest BCUT2D eigenvalue weighted by Gasteiger charge is -2.14. The molecule has 0 radical (unpaired) electrons. The van der Waals surface area contributed by atoms with Crippen molar-refractivity contribution in [2.45, 2.75) is 19.4 Å². The molecule has 6 heteroatoms. The zero-order valence-electron chi connectivity index (χ0n) is 10.5. The number of aromatic nitrogens is 2. The molecule has 1 aromatic carbocycles. The summed E-state index contributed by atoms with van der Waals surface area (Å²) in [4.78, 5) is 19.1. The summed E-state index contributed by atoms with van der Waals surface area (Å²) in [7, 11) is 0. The van der Waals surface area contributed by atoms with Crippen molar-refractivity contribution in [2.75, 3.05) is 11.9 Å². The number of carboxylic acid groups (broad SMARTS) is 1. The first-order chi connectivity index (χ1) is 9.11. The summed E-state index contributed by atoms with van der Waals surface area (Å²) >= 11 is 0. The number of hydrogen-bond acceptors (Lipinski definition) is 5. The average Bonchev–Trinajstić information content (AvgIpc) is 2.38. The van der Waals surface area contributed by atoms with Crippen LogP contribution in [0.25, 0.3) is 10.9 Å². The molecule has 0 aliphatic rings. The minimum absolute atomic E-state index is 0.0715. The van der Waals surface area contributed by atoms with Gasteiger partial charge in [-0.25, -0.2) is 14.8 Å². The maximum absolute atomic E-state index is 10.9. The number of fused-ring (bicyclic) bond motifs is 1. The third-order valence-corrected chi connectivity index (χ3v) is 2.83. The highest BCUT2D eigenvalue weighted by atomic mass is 16.4. The molecule has 1 aromatic heterocycles. The minimum Gasteiger partial charge on any atom is -0.478 e. The summed E-state index contributed by atoms with van der Waals surface area (Å²) in [6.45, 7) is 2.04. The second-order valence-corrected chi connectivity index (χ2v) is 4.32. The van der Waals surface area contributed by atoms with Gasteiger partial charge in [-0.05, 0) is 31.5 Å². The molecule has 3 N–H and O–H groups in total. The van der Waals surface area contributed by atoms with Crippen molar-refractivity contribution >= 4 is 22.7 Å². The quantitative estimate of drug-likeness (QED) is 0.755. The molecule has 0 fully saturated rings. The third-order valence-electron chi connectivity index (χ3n) is 2.83. The maximum Gasteiger partial charge on any atom is 0.335 e. The third kappa shape index (κ3) is 2.97. The molecule has 0 aliphatic heterocycles. The Balaban J connectivity index is 2.37. The molecule has 1 unspecified atom stereocenters. The van der Waals surface area contributed by atoms with Crippen molar-refractivity contribution in [3.8, 4) is 0 Å². The molecule has 0 aliphatic carbocycles. The molecule has 0 saturated heterocycles. The van der Waals surface area contributed by atoms with E-state index in [4.69, 9.17) is 10.2 Å². The zero-order chi connectivity index (χ0) is 13.8. The summed E-state index contributed by atoms with van der Waals surface area (Å²) < 4.78 is 0. The number of aromatic carboxylic acids is 1. The highest BCUT2D eigenvalue weighted by molar-refractivity contribution is 5.96. The molecule has 19 heavy (non-hydrogen) atoms. The number of carboxylic acids is 1. The Morgan fingerprint density at radius 3 is 2.89 bits per heavy atom. The van der Waals surface area contributed by atoms with E-state index in [1.807, 2.05) is 6.92 Å². The first-order valence-corrected chi connectivity index (χ1v) is 5.97. The van der Waals surface area contributed by atoms with Gasteiger partial charge in [-0.1, -0.05) is 0 Å². The van der Waals surface area contributed by atoms with Gasteiger partial charge in [-0.3, -0.25) is 0 Å². The number of carbonyl (C=O) groups is 1. The Labute approximate surface area is 110 Å². The molecule has 6 nitrogen and oxygen atoms in total. The molecule has 1 heterocycles. The van der Waals surface area contributed by atoms with Gasteiger partial charge in [0.15, 0.2) is 0 Å². The molecular weight excluding hydrogens is 246 g/mol. The number of aliphatic hydroxyl groups excluding tert-OH is 1. The van der Waals surface area contributed by atoms with E-state index in [2.05, 4.69) is 15.3 Å². The molecule has 100 valence electrons. The van der Waals surface area contributed by atoms with Crippen molar-refractivity contribution in [2.24, 2.45) is 0 Å². The molecule has 0 saturated carbocycles. The summed E-state index contributed by atoms with van der Waals surface area (Å²) in [5.74, 6) is -0.341. The van der Waals surface area contributed by atoms with E-state index in [-0.39, 0.29) is 18.2 Å². The van der Waals surface area contributed by atoms with Gasteiger partial charge in [0.1, 0.15) is 12.1 Å². The van der Waals surface area contributed by atoms with Gasteiger partial charge in [-0.15, -0.1) is 0 Å². The summed E-state index contributed by atoms with van der Waals surface area (Å²) in [5, 5.41) is 21.8.